The molecule has 25 heavy (non-hydrogen) atoms. The minimum Gasteiger partial charge on any atom is -0.343 e. The summed E-state index contributed by atoms with van der Waals surface area (Å²) >= 11 is 0. The van der Waals surface area contributed by atoms with Gasteiger partial charge in [0.25, 0.3) is 5.24 Å². The molecule has 3 aromatic rings. The summed E-state index contributed by atoms with van der Waals surface area (Å²) in [5.41, 5.74) is 2.59. The number of halogens is 1. The van der Waals surface area contributed by atoms with Gasteiger partial charge in [-0.05, 0) is 35.4 Å². The van der Waals surface area contributed by atoms with Crippen molar-refractivity contribution in [2.45, 2.75) is 11.8 Å². The maximum absolute atomic E-state index is 13.4. The smallest absolute Gasteiger partial charge is 0.280 e. The zero-order chi connectivity index (χ0) is 17.6. The summed E-state index contributed by atoms with van der Waals surface area (Å²) < 4.78 is 15.4. The SMILES string of the molecule is C=S1C(=O)NC(=O)C1c1cccc2c1ccn2Cc1cccc(F)c1. The number of carbonyl (C=O) groups is 2. The van der Waals surface area contributed by atoms with E-state index in [1.54, 1.807) is 6.07 Å². The Morgan fingerprint density at radius 2 is 1.96 bits per heavy atom. The van der Waals surface area contributed by atoms with Crippen LogP contribution in [0.4, 0.5) is 9.18 Å². The first-order valence-corrected chi connectivity index (χ1v) is 9.20. The number of aromatic nitrogens is 1. The number of carbonyl (C=O) groups excluding carboxylic acids is 2. The van der Waals surface area contributed by atoms with Gasteiger partial charge in [-0.2, -0.15) is 0 Å². The van der Waals surface area contributed by atoms with Crippen LogP contribution in [0.3, 0.4) is 0 Å². The highest BCUT2D eigenvalue weighted by Gasteiger charge is 2.36. The van der Waals surface area contributed by atoms with Crippen LogP contribution in [-0.4, -0.2) is 21.6 Å². The molecule has 0 aliphatic carbocycles. The van der Waals surface area contributed by atoms with Crippen LogP contribution < -0.4 is 5.32 Å². The van der Waals surface area contributed by atoms with Crippen molar-refractivity contribution in [2.24, 2.45) is 0 Å². The quantitative estimate of drug-likeness (QED) is 0.727. The third kappa shape index (κ3) is 2.68. The van der Waals surface area contributed by atoms with E-state index < -0.39 is 15.7 Å². The molecule has 2 heterocycles. The zero-order valence-electron chi connectivity index (χ0n) is 13.2. The fourth-order valence-electron chi connectivity index (χ4n) is 3.21. The largest absolute Gasteiger partial charge is 0.343 e. The van der Waals surface area contributed by atoms with Gasteiger partial charge in [-0.3, -0.25) is 14.9 Å². The molecule has 2 amide bonds. The van der Waals surface area contributed by atoms with Crippen molar-refractivity contribution in [2.75, 3.05) is 0 Å². The highest BCUT2D eigenvalue weighted by molar-refractivity contribution is 8.28. The molecule has 6 heteroatoms. The average molecular weight is 354 g/mol. The molecule has 2 unspecified atom stereocenters. The number of imide groups is 1. The number of nitrogens with one attached hydrogen (secondary N) is 1. The highest BCUT2D eigenvalue weighted by Crippen LogP contribution is 2.42. The number of hydrogen-bond donors (Lipinski definition) is 1. The van der Waals surface area contributed by atoms with Gasteiger partial charge in [0.2, 0.25) is 5.91 Å². The second-order valence-electron chi connectivity index (χ2n) is 5.94. The summed E-state index contributed by atoms with van der Waals surface area (Å²) in [6.07, 6.45) is 1.91. The van der Waals surface area contributed by atoms with Gasteiger partial charge in [0, 0.05) is 23.6 Å². The van der Waals surface area contributed by atoms with E-state index in [1.165, 1.54) is 12.1 Å². The number of nitrogens with zero attached hydrogens (tertiary/aromatic N) is 1. The van der Waals surface area contributed by atoms with Crippen LogP contribution in [-0.2, 0) is 11.3 Å². The Labute approximate surface area is 146 Å². The van der Waals surface area contributed by atoms with Gasteiger partial charge in [0.15, 0.2) is 0 Å². The van der Waals surface area contributed by atoms with Gasteiger partial charge in [0.1, 0.15) is 11.1 Å². The lowest BCUT2D eigenvalue weighted by molar-refractivity contribution is -0.119. The summed E-state index contributed by atoms with van der Waals surface area (Å²) in [7, 11) is -0.933. The minimum atomic E-state index is -0.933. The topological polar surface area (TPSA) is 51.1 Å². The van der Waals surface area contributed by atoms with Crippen molar-refractivity contribution in [3.63, 3.8) is 0 Å². The van der Waals surface area contributed by atoms with Crippen molar-refractivity contribution in [1.82, 2.24) is 9.88 Å². The highest BCUT2D eigenvalue weighted by atomic mass is 32.2. The Bertz CT molecular complexity index is 1040. The Hall–Kier alpha value is -2.73. The molecule has 2 atom stereocenters. The predicted octanol–water partition coefficient (Wildman–Crippen LogP) is 3.82. The van der Waals surface area contributed by atoms with E-state index in [-0.39, 0.29) is 17.0 Å². The van der Waals surface area contributed by atoms with Crippen molar-refractivity contribution in [3.8, 4) is 0 Å². The van der Waals surface area contributed by atoms with E-state index in [0.717, 1.165) is 22.0 Å². The van der Waals surface area contributed by atoms with Crippen LogP contribution in [0, 0.1) is 5.82 Å². The fourth-order valence-corrected chi connectivity index (χ4v) is 4.48. The fraction of sp³-hybridized carbons (Fsp3) is 0.105. The molecule has 4 rings (SSSR count). The Balaban J connectivity index is 1.77. The maximum Gasteiger partial charge on any atom is 0.280 e. The average Bonchev–Trinajstić information content (AvgIpc) is 3.09. The molecule has 0 radical (unpaired) electrons. The van der Waals surface area contributed by atoms with Crippen LogP contribution in [0.2, 0.25) is 0 Å². The molecule has 1 aliphatic rings. The Morgan fingerprint density at radius 3 is 2.68 bits per heavy atom. The van der Waals surface area contributed by atoms with Crippen LogP contribution in [0.25, 0.3) is 10.9 Å². The number of benzene rings is 2. The van der Waals surface area contributed by atoms with Gasteiger partial charge in [0.05, 0.1) is 0 Å². The molecule has 0 saturated carbocycles. The zero-order valence-corrected chi connectivity index (χ0v) is 14.1. The molecule has 2 aromatic carbocycles. The maximum atomic E-state index is 13.4. The van der Waals surface area contributed by atoms with Crippen LogP contribution in [0.15, 0.2) is 54.7 Å². The monoisotopic (exact) mass is 354 g/mol. The molecule has 4 nitrogen and oxygen atoms in total. The first-order chi connectivity index (χ1) is 12.0. The summed E-state index contributed by atoms with van der Waals surface area (Å²) in [5.74, 6) is 3.30. The van der Waals surface area contributed by atoms with Crippen molar-refractivity contribution in [1.29, 1.82) is 0 Å². The van der Waals surface area contributed by atoms with Gasteiger partial charge < -0.3 is 4.57 Å². The third-order valence-corrected chi connectivity index (χ3v) is 5.97. The Kier molecular flexibility index (Phi) is 3.77. The molecule has 1 saturated heterocycles. The van der Waals surface area contributed by atoms with E-state index in [1.807, 2.05) is 41.1 Å². The first-order valence-electron chi connectivity index (χ1n) is 7.74. The second-order valence-corrected chi connectivity index (χ2v) is 7.64. The van der Waals surface area contributed by atoms with E-state index >= 15 is 0 Å². The lowest BCUT2D eigenvalue weighted by Gasteiger charge is -2.11. The molecular formula is C19H15FN2O2S. The molecule has 0 bridgehead atoms. The van der Waals surface area contributed by atoms with Crippen LogP contribution in [0.5, 0.6) is 0 Å². The molecule has 1 aliphatic heterocycles. The number of fused-ring (bicyclic) bond motifs is 1. The van der Waals surface area contributed by atoms with Crippen molar-refractivity contribution in [3.05, 3.63) is 71.7 Å². The van der Waals surface area contributed by atoms with E-state index in [2.05, 4.69) is 11.2 Å². The normalized spacial score (nSPS) is 20.2. The number of rotatable bonds is 3. The lowest BCUT2D eigenvalue weighted by Crippen LogP contribution is -2.20. The molecule has 1 N–H and O–H groups in total. The van der Waals surface area contributed by atoms with E-state index in [0.29, 0.717) is 6.54 Å². The molecular weight excluding hydrogens is 339 g/mol. The summed E-state index contributed by atoms with van der Waals surface area (Å²) in [6.45, 7) is 0.524. The first kappa shape index (κ1) is 15.8. The molecule has 1 aromatic heterocycles. The van der Waals surface area contributed by atoms with Gasteiger partial charge in [-0.1, -0.05) is 40.6 Å². The third-order valence-electron chi connectivity index (χ3n) is 4.36. The second kappa shape index (κ2) is 5.97. The molecule has 0 spiro atoms. The van der Waals surface area contributed by atoms with Crippen molar-refractivity contribution >= 4 is 38.4 Å². The van der Waals surface area contributed by atoms with Crippen LogP contribution in [0.1, 0.15) is 16.4 Å². The number of amides is 2. The summed E-state index contributed by atoms with van der Waals surface area (Å²) in [6, 6.07) is 14.1. The van der Waals surface area contributed by atoms with Gasteiger partial charge in [-0.15, -0.1) is 0 Å². The van der Waals surface area contributed by atoms with E-state index in [9.17, 15) is 14.0 Å². The molecule has 1 fully saturated rings. The summed E-state index contributed by atoms with van der Waals surface area (Å²) in [4.78, 5) is 23.9. The van der Waals surface area contributed by atoms with Gasteiger partial charge in [-0.25, -0.2) is 4.39 Å². The summed E-state index contributed by atoms with van der Waals surface area (Å²) in [5, 5.41) is 2.40. The Morgan fingerprint density at radius 1 is 1.16 bits per heavy atom. The molecule has 126 valence electrons. The van der Waals surface area contributed by atoms with Crippen molar-refractivity contribution < 1.29 is 14.0 Å². The standard InChI is InChI=1S/C19H15FN2O2S/c1-25-17(18(23)21-19(25)24)15-6-3-7-16-14(15)8-9-22(16)11-12-4-2-5-13(20)10-12/h2-10,17H,1,11H2,(H,21,23,24). The van der Waals surface area contributed by atoms with Crippen LogP contribution >= 0.6 is 10.5 Å². The lowest BCUT2D eigenvalue weighted by atomic mass is 10.1. The van der Waals surface area contributed by atoms with E-state index in [4.69, 9.17) is 0 Å². The predicted molar refractivity (Wildman–Crippen MR) is 98.4 cm³/mol. The minimum absolute atomic E-state index is 0.267. The van der Waals surface area contributed by atoms with Gasteiger partial charge >= 0.3 is 0 Å². The number of hydrogen-bond acceptors (Lipinski definition) is 2.